The Bertz CT molecular complexity index is 568. The van der Waals surface area contributed by atoms with Crippen LogP contribution in [0.2, 0.25) is 0 Å². The minimum absolute atomic E-state index is 0.0657. The summed E-state index contributed by atoms with van der Waals surface area (Å²) in [6.07, 6.45) is 1.59. The Morgan fingerprint density at radius 2 is 2.10 bits per heavy atom. The molecule has 21 heavy (non-hydrogen) atoms. The normalized spacial score (nSPS) is 14.0. The molecule has 0 aliphatic heterocycles. The molecule has 2 N–H and O–H groups in total. The van der Waals surface area contributed by atoms with E-state index in [2.05, 4.69) is 43.3 Å². The lowest BCUT2D eigenvalue weighted by Crippen LogP contribution is -2.26. The number of thiophene rings is 1. The van der Waals surface area contributed by atoms with Crippen LogP contribution in [0.3, 0.4) is 0 Å². The molecule has 0 bridgehead atoms. The average molecular weight is 306 g/mol. The molecule has 0 aliphatic carbocycles. The SMILES string of the molecule is CCC(N)Cc1cc(F)ccc1N(C)C(C)c1cccs1. The summed E-state index contributed by atoms with van der Waals surface area (Å²) in [5, 5.41) is 2.08. The Morgan fingerprint density at radius 1 is 1.33 bits per heavy atom. The standard InChI is InChI=1S/C17H23FN2S/c1-4-15(19)11-13-10-14(18)7-8-16(13)20(3)12(2)17-6-5-9-21-17/h5-10,12,15H,4,11,19H2,1-3H3. The predicted octanol–water partition coefficient (Wildman–Crippen LogP) is 4.36. The molecule has 2 atom stereocenters. The molecule has 0 saturated carbocycles. The van der Waals surface area contributed by atoms with Crippen molar-refractivity contribution in [2.75, 3.05) is 11.9 Å². The smallest absolute Gasteiger partial charge is 0.123 e. The first kappa shape index (κ1) is 16.0. The van der Waals surface area contributed by atoms with Crippen molar-refractivity contribution in [3.8, 4) is 0 Å². The van der Waals surface area contributed by atoms with E-state index in [-0.39, 0.29) is 17.9 Å². The van der Waals surface area contributed by atoms with Crippen molar-refractivity contribution >= 4 is 17.0 Å². The highest BCUT2D eigenvalue weighted by molar-refractivity contribution is 7.10. The van der Waals surface area contributed by atoms with Crippen LogP contribution in [0.4, 0.5) is 10.1 Å². The quantitative estimate of drug-likeness (QED) is 0.859. The van der Waals surface area contributed by atoms with Gasteiger partial charge < -0.3 is 10.6 Å². The molecule has 0 amide bonds. The van der Waals surface area contributed by atoms with Gasteiger partial charge in [-0.15, -0.1) is 11.3 Å². The molecule has 0 fully saturated rings. The zero-order valence-corrected chi connectivity index (χ0v) is 13.7. The molecule has 0 radical (unpaired) electrons. The summed E-state index contributed by atoms with van der Waals surface area (Å²) in [6, 6.07) is 9.51. The summed E-state index contributed by atoms with van der Waals surface area (Å²) < 4.78 is 13.6. The van der Waals surface area contributed by atoms with Gasteiger partial charge in [0.05, 0.1) is 6.04 Å². The molecule has 0 aliphatic rings. The third kappa shape index (κ3) is 3.83. The second-order valence-corrected chi connectivity index (χ2v) is 6.43. The first-order valence-electron chi connectivity index (χ1n) is 7.33. The maximum atomic E-state index is 13.6. The number of anilines is 1. The predicted molar refractivity (Wildman–Crippen MR) is 89.5 cm³/mol. The number of rotatable bonds is 6. The fourth-order valence-electron chi connectivity index (χ4n) is 2.42. The third-order valence-electron chi connectivity index (χ3n) is 3.96. The lowest BCUT2D eigenvalue weighted by molar-refractivity contribution is 0.612. The molecular formula is C17H23FN2S. The monoisotopic (exact) mass is 306 g/mol. The van der Waals surface area contributed by atoms with Gasteiger partial charge in [-0.3, -0.25) is 0 Å². The summed E-state index contributed by atoms with van der Waals surface area (Å²) in [6.45, 7) is 4.22. The van der Waals surface area contributed by atoms with Crippen LogP contribution in [0.5, 0.6) is 0 Å². The fourth-order valence-corrected chi connectivity index (χ4v) is 3.24. The van der Waals surface area contributed by atoms with Crippen molar-refractivity contribution in [3.05, 3.63) is 52.0 Å². The maximum Gasteiger partial charge on any atom is 0.123 e. The van der Waals surface area contributed by atoms with Crippen LogP contribution >= 0.6 is 11.3 Å². The molecule has 2 nitrogen and oxygen atoms in total. The number of hydrogen-bond donors (Lipinski definition) is 1. The van der Waals surface area contributed by atoms with Gasteiger partial charge in [-0.05, 0) is 55.0 Å². The Balaban J connectivity index is 2.29. The molecule has 1 aromatic heterocycles. The highest BCUT2D eigenvalue weighted by Crippen LogP contribution is 2.31. The van der Waals surface area contributed by atoms with Crippen LogP contribution in [0.25, 0.3) is 0 Å². The zero-order chi connectivity index (χ0) is 15.4. The van der Waals surface area contributed by atoms with Crippen molar-refractivity contribution in [1.29, 1.82) is 0 Å². The third-order valence-corrected chi connectivity index (χ3v) is 5.01. The van der Waals surface area contributed by atoms with Crippen LogP contribution in [-0.4, -0.2) is 13.1 Å². The molecule has 2 rings (SSSR count). The number of nitrogens with zero attached hydrogens (tertiary/aromatic N) is 1. The fraction of sp³-hybridized carbons (Fsp3) is 0.412. The first-order chi connectivity index (χ1) is 10.0. The molecule has 4 heteroatoms. The second-order valence-electron chi connectivity index (χ2n) is 5.45. The number of hydrogen-bond acceptors (Lipinski definition) is 3. The summed E-state index contributed by atoms with van der Waals surface area (Å²) in [7, 11) is 2.05. The molecule has 2 unspecified atom stereocenters. The number of benzene rings is 1. The van der Waals surface area contributed by atoms with Gasteiger partial charge in [0.25, 0.3) is 0 Å². The zero-order valence-electron chi connectivity index (χ0n) is 12.8. The van der Waals surface area contributed by atoms with Crippen LogP contribution in [0.1, 0.15) is 36.8 Å². The van der Waals surface area contributed by atoms with E-state index in [4.69, 9.17) is 5.73 Å². The summed E-state index contributed by atoms with van der Waals surface area (Å²) in [5.41, 5.74) is 8.09. The molecule has 2 aromatic rings. The van der Waals surface area contributed by atoms with E-state index in [0.717, 1.165) is 17.7 Å². The highest BCUT2D eigenvalue weighted by Gasteiger charge is 2.17. The van der Waals surface area contributed by atoms with Gasteiger partial charge in [0.2, 0.25) is 0 Å². The lowest BCUT2D eigenvalue weighted by Gasteiger charge is -2.29. The maximum absolute atomic E-state index is 13.6. The van der Waals surface area contributed by atoms with Crippen molar-refractivity contribution in [2.45, 2.75) is 38.8 Å². The van der Waals surface area contributed by atoms with Crippen molar-refractivity contribution in [1.82, 2.24) is 0 Å². The van der Waals surface area contributed by atoms with Gasteiger partial charge >= 0.3 is 0 Å². The lowest BCUT2D eigenvalue weighted by atomic mass is 10.0. The van der Waals surface area contributed by atoms with Gasteiger partial charge in [0.15, 0.2) is 0 Å². The van der Waals surface area contributed by atoms with E-state index < -0.39 is 0 Å². The minimum Gasteiger partial charge on any atom is -0.367 e. The average Bonchev–Trinajstić information content (AvgIpc) is 3.00. The first-order valence-corrected chi connectivity index (χ1v) is 8.21. The van der Waals surface area contributed by atoms with Gasteiger partial charge in [-0.2, -0.15) is 0 Å². The molecule has 0 saturated heterocycles. The molecule has 1 heterocycles. The molecule has 1 aromatic carbocycles. The van der Waals surface area contributed by atoms with E-state index in [9.17, 15) is 4.39 Å². The highest BCUT2D eigenvalue weighted by atomic mass is 32.1. The van der Waals surface area contributed by atoms with E-state index in [1.54, 1.807) is 17.4 Å². The summed E-state index contributed by atoms with van der Waals surface area (Å²) >= 11 is 1.74. The topological polar surface area (TPSA) is 29.3 Å². The largest absolute Gasteiger partial charge is 0.367 e. The van der Waals surface area contributed by atoms with E-state index in [1.165, 1.54) is 10.9 Å². The summed E-state index contributed by atoms with van der Waals surface area (Å²) in [4.78, 5) is 3.50. The van der Waals surface area contributed by atoms with Crippen molar-refractivity contribution < 1.29 is 4.39 Å². The Labute approximate surface area is 130 Å². The van der Waals surface area contributed by atoms with Crippen molar-refractivity contribution in [2.24, 2.45) is 5.73 Å². The van der Waals surface area contributed by atoms with Gasteiger partial charge in [-0.25, -0.2) is 4.39 Å². The van der Waals surface area contributed by atoms with Crippen LogP contribution < -0.4 is 10.6 Å². The van der Waals surface area contributed by atoms with Gasteiger partial charge in [0.1, 0.15) is 5.82 Å². The number of nitrogens with two attached hydrogens (primary N) is 1. The number of halogens is 1. The summed E-state index contributed by atoms with van der Waals surface area (Å²) in [5.74, 6) is -0.200. The Hall–Kier alpha value is -1.39. The second kappa shape index (κ2) is 7.05. The molecule has 0 spiro atoms. The van der Waals surface area contributed by atoms with E-state index in [1.807, 2.05) is 6.07 Å². The van der Waals surface area contributed by atoms with Crippen LogP contribution in [-0.2, 0) is 6.42 Å². The molecule has 114 valence electrons. The van der Waals surface area contributed by atoms with Crippen molar-refractivity contribution in [3.63, 3.8) is 0 Å². The molecular weight excluding hydrogens is 283 g/mol. The van der Waals surface area contributed by atoms with Crippen LogP contribution in [0.15, 0.2) is 35.7 Å². The van der Waals surface area contributed by atoms with Gasteiger partial charge in [0, 0.05) is 23.7 Å². The van der Waals surface area contributed by atoms with E-state index in [0.29, 0.717) is 6.42 Å². The van der Waals surface area contributed by atoms with E-state index >= 15 is 0 Å². The Kier molecular flexibility index (Phi) is 5.37. The van der Waals surface area contributed by atoms with Crippen LogP contribution in [0, 0.1) is 5.82 Å². The minimum atomic E-state index is -0.200. The Morgan fingerprint density at radius 3 is 2.71 bits per heavy atom. The van der Waals surface area contributed by atoms with Gasteiger partial charge in [-0.1, -0.05) is 13.0 Å².